The number of halogens is 2. The van der Waals surface area contributed by atoms with Gasteiger partial charge in [0, 0.05) is 13.1 Å². The molecular weight excluding hydrogens is 269 g/mol. The van der Waals surface area contributed by atoms with Crippen molar-refractivity contribution in [1.82, 2.24) is 10.3 Å². The molecule has 0 aliphatic rings. The summed E-state index contributed by atoms with van der Waals surface area (Å²) in [4.78, 5) is 15.3. The molecule has 4 nitrogen and oxygen atoms in total. The monoisotopic (exact) mass is 279 g/mol. The number of carbonyl (C=O) groups excluding carboxylic acids is 1. The third kappa shape index (κ3) is 4.04. The Morgan fingerprint density at radius 3 is 2.86 bits per heavy atom. The van der Waals surface area contributed by atoms with E-state index in [9.17, 15) is 4.79 Å². The Hall–Kier alpha value is -0.650. The summed E-state index contributed by atoms with van der Waals surface area (Å²) < 4.78 is 0.646. The van der Waals surface area contributed by atoms with Gasteiger partial charge in [-0.2, -0.15) is 0 Å². The molecule has 0 unspecified atom stereocenters. The highest BCUT2D eigenvalue weighted by Crippen LogP contribution is 2.05. The van der Waals surface area contributed by atoms with Gasteiger partial charge in [-0.25, -0.2) is 4.98 Å². The van der Waals surface area contributed by atoms with Gasteiger partial charge in [-0.3, -0.25) is 4.79 Å². The number of hydrogen-bond donors (Lipinski definition) is 2. The maximum absolute atomic E-state index is 11.3. The molecule has 0 aliphatic heterocycles. The van der Waals surface area contributed by atoms with Gasteiger partial charge in [0.1, 0.15) is 10.3 Å². The van der Waals surface area contributed by atoms with Crippen molar-refractivity contribution in [2.24, 2.45) is 5.73 Å². The first-order chi connectivity index (χ1) is 6.24. The molecule has 78 valence electrons. The topological polar surface area (TPSA) is 68.0 Å². The Labute approximate surface area is 96.8 Å². The molecule has 6 heteroatoms. The molecule has 1 aromatic rings. The third-order valence-electron chi connectivity index (χ3n) is 1.38. The maximum Gasteiger partial charge on any atom is 0.269 e. The van der Waals surface area contributed by atoms with Gasteiger partial charge in [0.25, 0.3) is 5.91 Å². The number of aromatic nitrogens is 1. The minimum atomic E-state index is -0.202. The van der Waals surface area contributed by atoms with Crippen LogP contribution in [-0.2, 0) is 0 Å². The molecule has 3 N–H and O–H groups in total. The third-order valence-corrected chi connectivity index (χ3v) is 1.82. The minimum Gasteiger partial charge on any atom is -0.349 e. The summed E-state index contributed by atoms with van der Waals surface area (Å²) in [5.41, 5.74) is 5.63. The van der Waals surface area contributed by atoms with Crippen LogP contribution in [0.2, 0.25) is 0 Å². The lowest BCUT2D eigenvalue weighted by Gasteiger charge is -2.02. The van der Waals surface area contributed by atoms with Crippen LogP contribution in [0.3, 0.4) is 0 Å². The van der Waals surface area contributed by atoms with E-state index in [0.29, 0.717) is 23.4 Å². The lowest BCUT2D eigenvalue weighted by Crippen LogP contribution is -2.29. The maximum atomic E-state index is 11.3. The van der Waals surface area contributed by atoms with E-state index in [1.54, 1.807) is 18.2 Å². The Balaban J connectivity index is 0.00000169. The Morgan fingerprint density at radius 2 is 2.29 bits per heavy atom. The van der Waals surface area contributed by atoms with Crippen molar-refractivity contribution < 1.29 is 4.79 Å². The molecule has 0 atom stereocenters. The molecule has 1 amide bonds. The Kier molecular flexibility index (Phi) is 6.44. The SMILES string of the molecule is Cl.NCCNC(=O)c1cccc(Br)n1. The molecule has 14 heavy (non-hydrogen) atoms. The lowest BCUT2D eigenvalue weighted by molar-refractivity contribution is 0.0949. The zero-order valence-corrected chi connectivity index (χ0v) is 9.77. The average Bonchev–Trinajstić information content (AvgIpc) is 2.14. The van der Waals surface area contributed by atoms with Gasteiger partial charge in [0.2, 0.25) is 0 Å². The molecule has 0 saturated heterocycles. The van der Waals surface area contributed by atoms with Gasteiger partial charge < -0.3 is 11.1 Å². The quantitative estimate of drug-likeness (QED) is 0.810. The highest BCUT2D eigenvalue weighted by Gasteiger charge is 2.05. The summed E-state index contributed by atoms with van der Waals surface area (Å²) >= 11 is 3.18. The largest absolute Gasteiger partial charge is 0.349 e. The average molecular weight is 281 g/mol. The number of rotatable bonds is 3. The molecule has 0 saturated carbocycles. The van der Waals surface area contributed by atoms with Gasteiger partial charge in [-0.05, 0) is 28.1 Å². The molecule has 0 fully saturated rings. The van der Waals surface area contributed by atoms with Crippen molar-refractivity contribution in [2.75, 3.05) is 13.1 Å². The second kappa shape index (κ2) is 6.75. The van der Waals surface area contributed by atoms with Crippen molar-refractivity contribution in [1.29, 1.82) is 0 Å². The fourth-order valence-electron chi connectivity index (χ4n) is 0.811. The molecule has 0 spiro atoms. The normalized spacial score (nSPS) is 9.00. The predicted molar refractivity (Wildman–Crippen MR) is 60.6 cm³/mol. The van der Waals surface area contributed by atoms with E-state index in [2.05, 4.69) is 26.2 Å². The standard InChI is InChI=1S/C8H10BrN3O.ClH/c9-7-3-1-2-6(12-7)8(13)11-5-4-10;/h1-3H,4-5,10H2,(H,11,13);1H. The van der Waals surface area contributed by atoms with Gasteiger partial charge in [-0.1, -0.05) is 6.07 Å². The summed E-state index contributed by atoms with van der Waals surface area (Å²) in [5, 5.41) is 2.63. The molecule has 1 aromatic heterocycles. The number of amides is 1. The smallest absolute Gasteiger partial charge is 0.269 e. The molecule has 0 aromatic carbocycles. The fourth-order valence-corrected chi connectivity index (χ4v) is 1.15. The highest BCUT2D eigenvalue weighted by molar-refractivity contribution is 9.10. The van der Waals surface area contributed by atoms with Crippen LogP contribution in [0.1, 0.15) is 10.5 Å². The van der Waals surface area contributed by atoms with Crippen molar-refractivity contribution in [3.05, 3.63) is 28.5 Å². The first kappa shape index (κ1) is 13.4. The number of nitrogens with one attached hydrogen (secondary N) is 1. The first-order valence-electron chi connectivity index (χ1n) is 3.85. The Morgan fingerprint density at radius 1 is 1.57 bits per heavy atom. The minimum absolute atomic E-state index is 0. The fraction of sp³-hybridized carbons (Fsp3) is 0.250. The van der Waals surface area contributed by atoms with Crippen molar-refractivity contribution >= 4 is 34.2 Å². The van der Waals surface area contributed by atoms with Crippen molar-refractivity contribution in [2.45, 2.75) is 0 Å². The van der Waals surface area contributed by atoms with E-state index < -0.39 is 0 Å². The number of hydrogen-bond acceptors (Lipinski definition) is 3. The summed E-state index contributed by atoms with van der Waals surface area (Å²) in [6.45, 7) is 0.896. The van der Waals surface area contributed by atoms with Crippen LogP contribution in [0.25, 0.3) is 0 Å². The lowest BCUT2D eigenvalue weighted by atomic mass is 10.3. The van der Waals surface area contributed by atoms with Crippen LogP contribution < -0.4 is 11.1 Å². The van der Waals surface area contributed by atoms with Crippen molar-refractivity contribution in [3.63, 3.8) is 0 Å². The van der Waals surface area contributed by atoms with Gasteiger partial charge in [0.05, 0.1) is 0 Å². The number of nitrogens with zero attached hydrogens (tertiary/aromatic N) is 1. The molecule has 0 aliphatic carbocycles. The zero-order chi connectivity index (χ0) is 9.68. The van der Waals surface area contributed by atoms with E-state index in [0.717, 1.165) is 0 Å². The summed E-state index contributed by atoms with van der Waals surface area (Å²) in [7, 11) is 0. The van der Waals surface area contributed by atoms with Crippen LogP contribution in [0.5, 0.6) is 0 Å². The van der Waals surface area contributed by atoms with Crippen LogP contribution in [0.15, 0.2) is 22.8 Å². The van der Waals surface area contributed by atoms with Crippen molar-refractivity contribution in [3.8, 4) is 0 Å². The van der Waals surface area contributed by atoms with Crippen LogP contribution in [0.4, 0.5) is 0 Å². The summed E-state index contributed by atoms with van der Waals surface area (Å²) in [6, 6.07) is 5.17. The number of nitrogens with two attached hydrogens (primary N) is 1. The van der Waals surface area contributed by atoms with Crippen LogP contribution in [0, 0.1) is 0 Å². The number of carbonyl (C=O) groups is 1. The second-order valence-corrected chi connectivity index (χ2v) is 3.20. The highest BCUT2D eigenvalue weighted by atomic mass is 79.9. The molecule has 1 rings (SSSR count). The second-order valence-electron chi connectivity index (χ2n) is 2.39. The van der Waals surface area contributed by atoms with Crippen LogP contribution in [-0.4, -0.2) is 24.0 Å². The van der Waals surface area contributed by atoms with Gasteiger partial charge >= 0.3 is 0 Å². The van der Waals surface area contributed by atoms with Gasteiger partial charge in [-0.15, -0.1) is 12.4 Å². The van der Waals surface area contributed by atoms with Gasteiger partial charge in [0.15, 0.2) is 0 Å². The van der Waals surface area contributed by atoms with E-state index in [-0.39, 0.29) is 18.3 Å². The predicted octanol–water partition coefficient (Wildman–Crippen LogP) is 0.954. The Bertz CT molecular complexity index is 308. The molecular formula is C8H11BrClN3O. The van der Waals surface area contributed by atoms with E-state index in [1.165, 1.54) is 0 Å². The summed E-state index contributed by atoms with van der Waals surface area (Å²) in [5.74, 6) is -0.202. The van der Waals surface area contributed by atoms with Crippen LogP contribution >= 0.6 is 28.3 Å². The molecule has 1 heterocycles. The first-order valence-corrected chi connectivity index (χ1v) is 4.64. The molecule has 0 radical (unpaired) electrons. The van der Waals surface area contributed by atoms with E-state index >= 15 is 0 Å². The number of pyridine rings is 1. The van der Waals surface area contributed by atoms with E-state index in [1.807, 2.05) is 0 Å². The van der Waals surface area contributed by atoms with E-state index in [4.69, 9.17) is 5.73 Å². The zero-order valence-electron chi connectivity index (χ0n) is 7.37. The summed E-state index contributed by atoms with van der Waals surface area (Å²) in [6.07, 6.45) is 0. The molecule has 0 bridgehead atoms.